The molecule has 0 radical (unpaired) electrons. The van der Waals surface area contributed by atoms with E-state index in [4.69, 9.17) is 0 Å². The van der Waals surface area contributed by atoms with E-state index < -0.39 is 0 Å². The van der Waals surface area contributed by atoms with Crippen molar-refractivity contribution in [3.8, 4) is 0 Å². The summed E-state index contributed by atoms with van der Waals surface area (Å²) in [5.74, 6) is 0. The third-order valence-electron chi connectivity index (χ3n) is 3.60. The molecule has 0 aromatic heterocycles. The van der Waals surface area contributed by atoms with Crippen LogP contribution in [0.5, 0.6) is 0 Å². The van der Waals surface area contributed by atoms with Gasteiger partial charge in [-0.15, -0.1) is 0 Å². The van der Waals surface area contributed by atoms with Crippen LogP contribution >= 0.6 is 0 Å². The maximum Gasteiger partial charge on any atom is 0.0810 e. The molecule has 0 bridgehead atoms. The second kappa shape index (κ2) is 4.88. The van der Waals surface area contributed by atoms with Gasteiger partial charge in [0.2, 0.25) is 0 Å². The van der Waals surface area contributed by atoms with Crippen LogP contribution in [-0.2, 0) is 0 Å². The van der Waals surface area contributed by atoms with E-state index >= 15 is 0 Å². The molecule has 1 aliphatic heterocycles. The molecule has 0 amide bonds. The van der Waals surface area contributed by atoms with Gasteiger partial charge in [-0.2, -0.15) is 0 Å². The normalized spacial score (nSPS) is 22.4. The Morgan fingerprint density at radius 2 is 2.19 bits per heavy atom. The van der Waals surface area contributed by atoms with E-state index in [-0.39, 0.29) is 6.10 Å². The minimum atomic E-state index is -0.287. The number of fused-ring (bicyclic) bond motifs is 1. The molecular formula is C14H21NO. The van der Waals surface area contributed by atoms with Crippen LogP contribution in [0.15, 0.2) is 24.3 Å². The van der Waals surface area contributed by atoms with Gasteiger partial charge >= 0.3 is 0 Å². The fourth-order valence-corrected chi connectivity index (χ4v) is 2.44. The molecule has 2 heteroatoms. The number of para-hydroxylation sites is 1. The minimum absolute atomic E-state index is 0.287. The Labute approximate surface area is 97.9 Å². The van der Waals surface area contributed by atoms with Crippen molar-refractivity contribution in [1.82, 2.24) is 0 Å². The lowest BCUT2D eigenvalue weighted by molar-refractivity contribution is 0.168. The lowest BCUT2D eigenvalue weighted by Crippen LogP contribution is -2.33. The Hall–Kier alpha value is -1.02. The highest BCUT2D eigenvalue weighted by Crippen LogP contribution is 2.33. The highest BCUT2D eigenvalue weighted by Gasteiger charge is 2.22. The van der Waals surface area contributed by atoms with Gasteiger partial charge in [-0.1, -0.05) is 25.1 Å². The van der Waals surface area contributed by atoms with Gasteiger partial charge in [0, 0.05) is 23.8 Å². The van der Waals surface area contributed by atoms with Gasteiger partial charge < -0.3 is 10.0 Å². The molecule has 88 valence electrons. The second-order valence-corrected chi connectivity index (χ2v) is 4.67. The van der Waals surface area contributed by atoms with Crippen LogP contribution < -0.4 is 4.90 Å². The van der Waals surface area contributed by atoms with Crippen molar-refractivity contribution in [3.63, 3.8) is 0 Å². The van der Waals surface area contributed by atoms with E-state index in [1.807, 2.05) is 6.07 Å². The van der Waals surface area contributed by atoms with Gasteiger partial charge in [0.1, 0.15) is 0 Å². The number of aliphatic hydroxyl groups excluding tert-OH is 1. The molecule has 0 saturated carbocycles. The van der Waals surface area contributed by atoms with Gasteiger partial charge in [0.15, 0.2) is 0 Å². The van der Waals surface area contributed by atoms with Crippen molar-refractivity contribution >= 4 is 5.69 Å². The first kappa shape index (κ1) is 11.5. The predicted molar refractivity (Wildman–Crippen MR) is 67.7 cm³/mol. The number of hydrogen-bond acceptors (Lipinski definition) is 2. The van der Waals surface area contributed by atoms with Crippen molar-refractivity contribution < 1.29 is 5.11 Å². The van der Waals surface area contributed by atoms with Crippen LogP contribution in [0.2, 0.25) is 0 Å². The van der Waals surface area contributed by atoms with E-state index in [0.717, 1.165) is 31.4 Å². The smallest absolute Gasteiger partial charge is 0.0810 e. The first-order valence-electron chi connectivity index (χ1n) is 6.27. The summed E-state index contributed by atoms with van der Waals surface area (Å²) in [7, 11) is 0. The quantitative estimate of drug-likeness (QED) is 0.826. The van der Waals surface area contributed by atoms with Crippen LogP contribution in [0.4, 0.5) is 5.69 Å². The molecule has 2 atom stereocenters. The Balaban J connectivity index is 2.38. The molecule has 1 heterocycles. The largest absolute Gasteiger partial charge is 0.388 e. The summed E-state index contributed by atoms with van der Waals surface area (Å²) >= 11 is 0. The highest BCUT2D eigenvalue weighted by molar-refractivity contribution is 5.56. The van der Waals surface area contributed by atoms with E-state index in [2.05, 4.69) is 36.9 Å². The standard InChI is InChI=1S/C14H21NO/c1-3-11(2)15-10-6-9-14(16)12-7-4-5-8-13(12)15/h4-5,7-8,11,14,16H,3,6,9-10H2,1-2H3. The van der Waals surface area contributed by atoms with E-state index in [9.17, 15) is 5.11 Å². The van der Waals surface area contributed by atoms with Gasteiger partial charge in [0.25, 0.3) is 0 Å². The summed E-state index contributed by atoms with van der Waals surface area (Å²) in [5, 5.41) is 10.1. The Morgan fingerprint density at radius 1 is 1.44 bits per heavy atom. The van der Waals surface area contributed by atoms with Crippen LogP contribution in [-0.4, -0.2) is 17.7 Å². The van der Waals surface area contributed by atoms with Crippen molar-refractivity contribution in [3.05, 3.63) is 29.8 Å². The van der Waals surface area contributed by atoms with Crippen LogP contribution in [0.3, 0.4) is 0 Å². The zero-order valence-electron chi connectivity index (χ0n) is 10.2. The zero-order valence-corrected chi connectivity index (χ0v) is 10.2. The molecule has 1 N–H and O–H groups in total. The van der Waals surface area contributed by atoms with Crippen molar-refractivity contribution in [2.24, 2.45) is 0 Å². The molecular weight excluding hydrogens is 198 g/mol. The van der Waals surface area contributed by atoms with Gasteiger partial charge in [-0.25, -0.2) is 0 Å². The summed E-state index contributed by atoms with van der Waals surface area (Å²) in [5.41, 5.74) is 2.32. The maximum atomic E-state index is 10.1. The van der Waals surface area contributed by atoms with Crippen molar-refractivity contribution in [1.29, 1.82) is 0 Å². The second-order valence-electron chi connectivity index (χ2n) is 4.67. The van der Waals surface area contributed by atoms with Crippen LogP contribution in [0, 0.1) is 0 Å². The summed E-state index contributed by atoms with van der Waals surface area (Å²) in [6.45, 7) is 5.53. The molecule has 0 saturated heterocycles. The molecule has 0 aliphatic carbocycles. The molecule has 1 aromatic rings. The first-order chi connectivity index (χ1) is 7.74. The SMILES string of the molecule is CCC(C)N1CCCC(O)c2ccccc21. The lowest BCUT2D eigenvalue weighted by atomic mass is 10.0. The van der Waals surface area contributed by atoms with Crippen LogP contribution in [0.1, 0.15) is 44.8 Å². The topological polar surface area (TPSA) is 23.5 Å². The number of hydrogen-bond donors (Lipinski definition) is 1. The number of benzene rings is 1. The zero-order chi connectivity index (χ0) is 11.5. The number of nitrogens with zero attached hydrogens (tertiary/aromatic N) is 1. The minimum Gasteiger partial charge on any atom is -0.388 e. The Bertz CT molecular complexity index is 350. The summed E-state index contributed by atoms with van der Waals surface area (Å²) < 4.78 is 0. The van der Waals surface area contributed by atoms with Gasteiger partial charge in [0.05, 0.1) is 6.10 Å². The van der Waals surface area contributed by atoms with Crippen molar-refractivity contribution in [2.45, 2.75) is 45.3 Å². The fraction of sp³-hybridized carbons (Fsp3) is 0.571. The highest BCUT2D eigenvalue weighted by atomic mass is 16.3. The average molecular weight is 219 g/mol. The molecule has 0 fully saturated rings. The number of rotatable bonds is 2. The van der Waals surface area contributed by atoms with Crippen molar-refractivity contribution in [2.75, 3.05) is 11.4 Å². The third-order valence-corrected chi connectivity index (χ3v) is 3.60. The fourth-order valence-electron chi connectivity index (χ4n) is 2.44. The molecule has 2 unspecified atom stereocenters. The molecule has 1 aromatic carbocycles. The van der Waals surface area contributed by atoms with Crippen LogP contribution in [0.25, 0.3) is 0 Å². The third kappa shape index (κ3) is 2.07. The molecule has 2 nitrogen and oxygen atoms in total. The summed E-state index contributed by atoms with van der Waals surface area (Å²) in [6, 6.07) is 8.82. The van der Waals surface area contributed by atoms with E-state index in [1.54, 1.807) is 0 Å². The Kier molecular flexibility index (Phi) is 3.49. The Morgan fingerprint density at radius 3 is 2.94 bits per heavy atom. The molecule has 0 spiro atoms. The van der Waals surface area contributed by atoms with E-state index in [0.29, 0.717) is 6.04 Å². The average Bonchev–Trinajstić information content (AvgIpc) is 2.49. The molecule has 16 heavy (non-hydrogen) atoms. The molecule has 2 rings (SSSR count). The maximum absolute atomic E-state index is 10.1. The van der Waals surface area contributed by atoms with Gasteiger partial charge in [-0.3, -0.25) is 0 Å². The predicted octanol–water partition coefficient (Wildman–Crippen LogP) is 3.12. The number of anilines is 1. The first-order valence-corrected chi connectivity index (χ1v) is 6.27. The van der Waals surface area contributed by atoms with E-state index in [1.165, 1.54) is 5.69 Å². The summed E-state index contributed by atoms with van der Waals surface area (Å²) in [4.78, 5) is 2.44. The lowest BCUT2D eigenvalue weighted by Gasteiger charge is -2.31. The monoisotopic (exact) mass is 219 g/mol. The number of aliphatic hydroxyl groups is 1. The van der Waals surface area contributed by atoms with Gasteiger partial charge in [-0.05, 0) is 32.3 Å². The summed E-state index contributed by atoms with van der Waals surface area (Å²) in [6.07, 6.45) is 2.81. The molecule has 1 aliphatic rings.